The van der Waals surface area contributed by atoms with E-state index in [1.165, 1.54) is 0 Å². The fourth-order valence-electron chi connectivity index (χ4n) is 3.59. The van der Waals surface area contributed by atoms with E-state index in [1.54, 1.807) is 11.0 Å². The molecule has 3 rings (SSSR count). The van der Waals surface area contributed by atoms with E-state index >= 15 is 0 Å². The first-order valence-corrected chi connectivity index (χ1v) is 10.1. The second-order valence-electron chi connectivity index (χ2n) is 8.28. The van der Waals surface area contributed by atoms with Gasteiger partial charge in [-0.15, -0.1) is 0 Å². The number of ether oxygens (including phenoxy) is 1. The molecule has 0 N–H and O–H groups in total. The first kappa shape index (κ1) is 21.1. The summed E-state index contributed by atoms with van der Waals surface area (Å²) in [6, 6.07) is 17.0. The van der Waals surface area contributed by atoms with Gasteiger partial charge in [-0.2, -0.15) is 0 Å². The van der Waals surface area contributed by atoms with Gasteiger partial charge in [0.05, 0.1) is 12.1 Å². The highest BCUT2D eigenvalue weighted by atomic mass is 35.5. The molecule has 4 nitrogen and oxygen atoms in total. The predicted molar refractivity (Wildman–Crippen MR) is 114 cm³/mol. The molecule has 0 aromatic heterocycles. The first-order valence-electron chi connectivity index (χ1n) is 9.69. The van der Waals surface area contributed by atoms with Crippen LogP contribution in [0.5, 0.6) is 0 Å². The molecule has 1 amide bonds. The minimum absolute atomic E-state index is 0.0244. The van der Waals surface area contributed by atoms with Crippen LogP contribution in [0.15, 0.2) is 65.9 Å². The molecule has 1 aliphatic rings. The number of amides is 1. The molecule has 29 heavy (non-hydrogen) atoms. The average molecular weight is 412 g/mol. The number of allylic oxidation sites excluding steroid dienone is 1. The summed E-state index contributed by atoms with van der Waals surface area (Å²) in [6.07, 6.45) is 0.219. The number of nitrogens with zero attached hydrogens (tertiary/aromatic N) is 1. The van der Waals surface area contributed by atoms with Crippen LogP contribution in [0.4, 0.5) is 0 Å². The van der Waals surface area contributed by atoms with Crippen molar-refractivity contribution in [1.29, 1.82) is 0 Å². The zero-order chi connectivity index (χ0) is 21.2. The number of esters is 1. The normalized spacial score (nSPS) is 17.5. The van der Waals surface area contributed by atoms with Crippen LogP contribution >= 0.6 is 11.6 Å². The summed E-state index contributed by atoms with van der Waals surface area (Å²) in [5.74, 6) is -0.731. The van der Waals surface area contributed by atoms with Gasteiger partial charge in [-0.1, -0.05) is 54.1 Å². The van der Waals surface area contributed by atoms with Crippen LogP contribution in [0, 0.1) is 0 Å². The Labute approximate surface area is 177 Å². The SMILES string of the molecule is CC1=C(C(=O)OC(C)(C)C)[C@H](c2ccccc2)CC(=O)N1Cc1cccc(Cl)c1. The molecule has 0 spiro atoms. The fraction of sp³-hybridized carbons (Fsp3) is 0.333. The van der Waals surface area contributed by atoms with Crippen molar-refractivity contribution in [3.63, 3.8) is 0 Å². The van der Waals surface area contributed by atoms with Gasteiger partial charge in [0.1, 0.15) is 5.60 Å². The highest BCUT2D eigenvalue weighted by Gasteiger charge is 2.38. The molecule has 0 aliphatic carbocycles. The molecule has 152 valence electrons. The van der Waals surface area contributed by atoms with E-state index in [4.69, 9.17) is 16.3 Å². The van der Waals surface area contributed by atoms with Gasteiger partial charge in [-0.05, 0) is 51.0 Å². The van der Waals surface area contributed by atoms with E-state index in [-0.39, 0.29) is 24.2 Å². The fourth-order valence-corrected chi connectivity index (χ4v) is 3.80. The summed E-state index contributed by atoms with van der Waals surface area (Å²) in [6.45, 7) is 7.71. The largest absolute Gasteiger partial charge is 0.457 e. The molecule has 0 fully saturated rings. The van der Waals surface area contributed by atoms with Gasteiger partial charge in [0.15, 0.2) is 0 Å². The van der Waals surface area contributed by atoms with Crippen molar-refractivity contribution >= 4 is 23.5 Å². The third kappa shape index (κ3) is 5.07. The lowest BCUT2D eigenvalue weighted by atomic mass is 9.83. The second kappa shape index (κ2) is 8.42. The van der Waals surface area contributed by atoms with Crippen LogP contribution in [-0.4, -0.2) is 22.4 Å². The Balaban J connectivity index is 2.04. The number of hydrogen-bond acceptors (Lipinski definition) is 3. The first-order chi connectivity index (χ1) is 13.7. The molecule has 1 atom stereocenters. The number of benzene rings is 2. The minimum atomic E-state index is -0.620. The lowest BCUT2D eigenvalue weighted by Gasteiger charge is -2.35. The van der Waals surface area contributed by atoms with E-state index < -0.39 is 5.60 Å². The predicted octanol–water partition coefficient (Wildman–Crippen LogP) is 5.47. The molecule has 0 bridgehead atoms. The Kier molecular flexibility index (Phi) is 6.13. The van der Waals surface area contributed by atoms with Gasteiger partial charge in [0.2, 0.25) is 5.91 Å². The van der Waals surface area contributed by atoms with Crippen molar-refractivity contribution in [1.82, 2.24) is 4.90 Å². The molecule has 2 aromatic rings. The molecule has 5 heteroatoms. The van der Waals surface area contributed by atoms with E-state index in [1.807, 2.05) is 76.2 Å². The third-order valence-corrected chi connectivity index (χ3v) is 5.11. The zero-order valence-corrected chi connectivity index (χ0v) is 18.0. The number of rotatable bonds is 4. The third-order valence-electron chi connectivity index (χ3n) is 4.87. The Morgan fingerprint density at radius 2 is 1.83 bits per heavy atom. The van der Waals surface area contributed by atoms with Gasteiger partial charge in [0.25, 0.3) is 0 Å². The summed E-state index contributed by atoms with van der Waals surface area (Å²) in [7, 11) is 0. The van der Waals surface area contributed by atoms with Crippen LogP contribution in [0.2, 0.25) is 5.02 Å². The zero-order valence-electron chi connectivity index (χ0n) is 17.2. The summed E-state index contributed by atoms with van der Waals surface area (Å²) >= 11 is 6.10. The van der Waals surface area contributed by atoms with Crippen molar-refractivity contribution in [2.75, 3.05) is 0 Å². The summed E-state index contributed by atoms with van der Waals surface area (Å²) < 4.78 is 5.70. The highest BCUT2D eigenvalue weighted by Crippen LogP contribution is 2.38. The summed E-state index contributed by atoms with van der Waals surface area (Å²) in [5.41, 5.74) is 2.39. The summed E-state index contributed by atoms with van der Waals surface area (Å²) in [5, 5.41) is 0.614. The van der Waals surface area contributed by atoms with Crippen molar-refractivity contribution in [2.24, 2.45) is 0 Å². The van der Waals surface area contributed by atoms with E-state index in [0.29, 0.717) is 22.8 Å². The monoisotopic (exact) mass is 411 g/mol. The van der Waals surface area contributed by atoms with Gasteiger partial charge in [0, 0.05) is 23.1 Å². The molecule has 2 aromatic carbocycles. The van der Waals surface area contributed by atoms with E-state index in [9.17, 15) is 9.59 Å². The molecular formula is C24H26ClNO3. The van der Waals surface area contributed by atoms with Crippen LogP contribution in [0.25, 0.3) is 0 Å². The maximum absolute atomic E-state index is 13.1. The Morgan fingerprint density at radius 1 is 1.14 bits per heavy atom. The molecular weight excluding hydrogens is 386 g/mol. The Bertz CT molecular complexity index is 944. The van der Waals surface area contributed by atoms with Crippen molar-refractivity contribution in [2.45, 2.75) is 52.2 Å². The van der Waals surface area contributed by atoms with E-state index in [0.717, 1.165) is 11.1 Å². The smallest absolute Gasteiger partial charge is 0.336 e. The number of carbonyl (C=O) groups is 2. The lowest BCUT2D eigenvalue weighted by Crippen LogP contribution is -2.39. The Morgan fingerprint density at radius 3 is 2.45 bits per heavy atom. The minimum Gasteiger partial charge on any atom is -0.457 e. The summed E-state index contributed by atoms with van der Waals surface area (Å²) in [4.78, 5) is 27.8. The number of hydrogen-bond donors (Lipinski definition) is 0. The van der Waals surface area contributed by atoms with Crippen LogP contribution < -0.4 is 0 Å². The maximum Gasteiger partial charge on any atom is 0.336 e. The van der Waals surface area contributed by atoms with Crippen molar-refractivity contribution in [3.05, 3.63) is 82.0 Å². The quantitative estimate of drug-likeness (QED) is 0.626. The van der Waals surface area contributed by atoms with Gasteiger partial charge < -0.3 is 9.64 Å². The molecule has 1 heterocycles. The van der Waals surface area contributed by atoms with Crippen molar-refractivity contribution in [3.8, 4) is 0 Å². The standard InChI is InChI=1S/C24H26ClNO3/c1-16-22(23(28)29-24(2,3)4)20(18-10-6-5-7-11-18)14-21(27)26(16)15-17-9-8-12-19(25)13-17/h5-13,20H,14-15H2,1-4H3/t20-/m0/s1. The highest BCUT2D eigenvalue weighted by molar-refractivity contribution is 6.30. The second-order valence-corrected chi connectivity index (χ2v) is 8.71. The lowest BCUT2D eigenvalue weighted by molar-refractivity contribution is -0.150. The number of halogens is 1. The van der Waals surface area contributed by atoms with Gasteiger partial charge >= 0.3 is 5.97 Å². The molecule has 1 aliphatic heterocycles. The topological polar surface area (TPSA) is 46.6 Å². The molecule has 0 radical (unpaired) electrons. The van der Waals surface area contributed by atoms with E-state index in [2.05, 4.69) is 0 Å². The average Bonchev–Trinajstić information content (AvgIpc) is 2.64. The van der Waals surface area contributed by atoms with Crippen LogP contribution in [-0.2, 0) is 20.9 Å². The molecule has 0 unspecified atom stereocenters. The van der Waals surface area contributed by atoms with Crippen LogP contribution in [0.3, 0.4) is 0 Å². The molecule has 0 saturated carbocycles. The number of carbonyl (C=O) groups excluding carboxylic acids is 2. The molecule has 0 saturated heterocycles. The van der Waals surface area contributed by atoms with Crippen LogP contribution in [0.1, 0.15) is 51.2 Å². The van der Waals surface area contributed by atoms with Crippen molar-refractivity contribution < 1.29 is 14.3 Å². The van der Waals surface area contributed by atoms with Gasteiger partial charge in [-0.3, -0.25) is 4.79 Å². The maximum atomic E-state index is 13.1. The Hall–Kier alpha value is -2.59. The van der Waals surface area contributed by atoms with Gasteiger partial charge in [-0.25, -0.2) is 4.79 Å².